The largest absolute Gasteiger partial charge is 0.398 e. The minimum atomic E-state index is 0.0780. The molecule has 3 aromatic rings. The van der Waals surface area contributed by atoms with Gasteiger partial charge in [0.25, 0.3) is 0 Å². The highest BCUT2D eigenvalue weighted by atomic mass is 35.5. The van der Waals surface area contributed by atoms with E-state index < -0.39 is 0 Å². The number of anilines is 2. The summed E-state index contributed by atoms with van der Waals surface area (Å²) in [7, 11) is 0. The molecule has 4 N–H and O–H groups in total. The highest BCUT2D eigenvalue weighted by Gasteiger charge is 2.47. The molecule has 31 heavy (non-hydrogen) atoms. The van der Waals surface area contributed by atoms with E-state index in [1.54, 1.807) is 12.3 Å². The highest BCUT2D eigenvalue weighted by Crippen LogP contribution is 2.44. The number of nitrogens with two attached hydrogens (primary N) is 2. The fourth-order valence-corrected chi connectivity index (χ4v) is 6.19. The van der Waals surface area contributed by atoms with Gasteiger partial charge in [-0.15, -0.1) is 0 Å². The van der Waals surface area contributed by atoms with Crippen molar-refractivity contribution in [1.29, 1.82) is 0 Å². The fraction of sp³-hybridized carbons (Fsp3) is 0.409. The summed E-state index contributed by atoms with van der Waals surface area (Å²) in [6.45, 7) is 4.64. The van der Waals surface area contributed by atoms with Gasteiger partial charge < -0.3 is 21.1 Å². The van der Waals surface area contributed by atoms with Crippen LogP contribution in [0.5, 0.6) is 0 Å². The van der Waals surface area contributed by atoms with Gasteiger partial charge in [0.05, 0.1) is 33.3 Å². The molecule has 2 aliphatic heterocycles. The number of nitrogen functional groups attached to an aromatic ring is 1. The average Bonchev–Trinajstić information content (AvgIpc) is 3.35. The lowest BCUT2D eigenvalue weighted by Crippen LogP contribution is -2.50. The van der Waals surface area contributed by atoms with Gasteiger partial charge in [0, 0.05) is 47.9 Å². The van der Waals surface area contributed by atoms with Gasteiger partial charge in [0.1, 0.15) is 5.82 Å². The van der Waals surface area contributed by atoms with Gasteiger partial charge in [-0.1, -0.05) is 41.0 Å². The van der Waals surface area contributed by atoms with Crippen molar-refractivity contribution in [2.75, 3.05) is 30.3 Å². The summed E-state index contributed by atoms with van der Waals surface area (Å²) in [5, 5.41) is 1.04. The summed E-state index contributed by atoms with van der Waals surface area (Å²) in [6.07, 6.45) is 5.91. The van der Waals surface area contributed by atoms with E-state index in [-0.39, 0.29) is 17.6 Å². The van der Waals surface area contributed by atoms with Crippen LogP contribution in [0, 0.1) is 5.41 Å². The molecule has 5 rings (SSSR count). The molecule has 2 aliphatic rings. The number of aromatic nitrogens is 2. The Hall–Kier alpha value is -1.64. The molecule has 1 spiro atoms. The molecular formula is C22H25Cl2N5OS. The molecule has 2 fully saturated rings. The highest BCUT2D eigenvalue weighted by molar-refractivity contribution is 7.99. The molecule has 0 aliphatic carbocycles. The van der Waals surface area contributed by atoms with Crippen molar-refractivity contribution in [1.82, 2.24) is 9.38 Å². The van der Waals surface area contributed by atoms with Crippen molar-refractivity contribution in [3.8, 4) is 0 Å². The Balaban J connectivity index is 1.45. The molecule has 2 unspecified atom stereocenters. The summed E-state index contributed by atoms with van der Waals surface area (Å²) < 4.78 is 7.97. The monoisotopic (exact) mass is 477 g/mol. The van der Waals surface area contributed by atoms with Crippen LogP contribution in [0.4, 0.5) is 11.5 Å². The number of rotatable bonds is 3. The van der Waals surface area contributed by atoms with Crippen LogP contribution in [-0.4, -0.2) is 41.2 Å². The second-order valence-electron chi connectivity index (χ2n) is 8.45. The van der Waals surface area contributed by atoms with E-state index in [0.29, 0.717) is 15.7 Å². The van der Waals surface area contributed by atoms with Gasteiger partial charge in [-0.05, 0) is 31.9 Å². The van der Waals surface area contributed by atoms with E-state index in [1.807, 2.05) is 24.4 Å². The van der Waals surface area contributed by atoms with E-state index >= 15 is 0 Å². The number of pyridine rings is 1. The van der Waals surface area contributed by atoms with Crippen LogP contribution in [0.15, 0.2) is 46.5 Å². The zero-order valence-electron chi connectivity index (χ0n) is 17.2. The Morgan fingerprint density at radius 1 is 1.26 bits per heavy atom. The first kappa shape index (κ1) is 21.2. The van der Waals surface area contributed by atoms with Crippen LogP contribution in [0.1, 0.15) is 19.8 Å². The van der Waals surface area contributed by atoms with Crippen LogP contribution < -0.4 is 16.4 Å². The lowest BCUT2D eigenvalue weighted by molar-refractivity contribution is 0.0974. The molecule has 0 amide bonds. The molecule has 6 nitrogen and oxygen atoms in total. The number of ether oxygens (including phenoxy) is 1. The van der Waals surface area contributed by atoms with E-state index in [9.17, 15) is 0 Å². The predicted octanol–water partition coefficient (Wildman–Crippen LogP) is 4.71. The maximum Gasteiger partial charge on any atom is 0.154 e. The molecule has 2 saturated heterocycles. The van der Waals surface area contributed by atoms with Gasteiger partial charge in [-0.2, -0.15) is 0 Å². The second kappa shape index (κ2) is 8.05. The van der Waals surface area contributed by atoms with Gasteiger partial charge in [-0.3, -0.25) is 4.40 Å². The number of fused-ring (bicyclic) bond motifs is 1. The third kappa shape index (κ3) is 3.56. The average molecular weight is 478 g/mol. The summed E-state index contributed by atoms with van der Waals surface area (Å²) in [6, 6.07) is 7.71. The lowest BCUT2D eigenvalue weighted by atomic mass is 9.73. The Morgan fingerprint density at radius 3 is 2.74 bits per heavy atom. The molecule has 9 heteroatoms. The smallest absolute Gasteiger partial charge is 0.154 e. The first-order chi connectivity index (χ1) is 14.9. The van der Waals surface area contributed by atoms with E-state index in [0.717, 1.165) is 53.8 Å². The van der Waals surface area contributed by atoms with E-state index in [4.69, 9.17) is 39.4 Å². The number of hydrogen-bond acceptors (Lipinski definition) is 6. The number of nitrogens with zero attached hydrogens (tertiary/aromatic N) is 3. The van der Waals surface area contributed by atoms with Gasteiger partial charge in [-0.25, -0.2) is 4.98 Å². The molecule has 0 bridgehead atoms. The van der Waals surface area contributed by atoms with Gasteiger partial charge in [0.15, 0.2) is 5.65 Å². The van der Waals surface area contributed by atoms with Crippen LogP contribution in [0.2, 0.25) is 10.0 Å². The van der Waals surface area contributed by atoms with Crippen molar-refractivity contribution in [3.63, 3.8) is 0 Å². The topological polar surface area (TPSA) is 81.8 Å². The molecule has 0 saturated carbocycles. The number of hydrogen-bond donors (Lipinski definition) is 2. The molecule has 2 atom stereocenters. The second-order valence-corrected chi connectivity index (χ2v) is 10.3. The maximum absolute atomic E-state index is 6.53. The summed E-state index contributed by atoms with van der Waals surface area (Å²) in [5.74, 6) is 1.04. The van der Waals surface area contributed by atoms with Crippen LogP contribution >= 0.6 is 35.0 Å². The molecule has 0 radical (unpaired) electrons. The molecule has 164 valence electrons. The zero-order valence-corrected chi connectivity index (χ0v) is 19.6. The third-order valence-electron chi connectivity index (χ3n) is 6.70. The third-order valence-corrected chi connectivity index (χ3v) is 8.81. The van der Waals surface area contributed by atoms with Crippen molar-refractivity contribution < 1.29 is 4.74 Å². The summed E-state index contributed by atoms with van der Waals surface area (Å²) in [5.41, 5.74) is 14.6. The fourth-order valence-electron chi connectivity index (χ4n) is 4.73. The van der Waals surface area contributed by atoms with Crippen molar-refractivity contribution in [2.24, 2.45) is 11.1 Å². The molecule has 2 aromatic heterocycles. The first-order valence-corrected chi connectivity index (χ1v) is 12.0. The minimum absolute atomic E-state index is 0.0780. The number of piperidine rings is 1. The Morgan fingerprint density at radius 2 is 2.03 bits per heavy atom. The molecule has 1 aromatic carbocycles. The van der Waals surface area contributed by atoms with Crippen molar-refractivity contribution >= 4 is 52.1 Å². The normalized spacial score (nSPS) is 23.2. The zero-order chi connectivity index (χ0) is 21.8. The van der Waals surface area contributed by atoms with Gasteiger partial charge >= 0.3 is 0 Å². The van der Waals surface area contributed by atoms with Gasteiger partial charge in [0.2, 0.25) is 0 Å². The number of imidazole rings is 1. The van der Waals surface area contributed by atoms with E-state index in [2.05, 4.69) is 21.2 Å². The van der Waals surface area contributed by atoms with E-state index in [1.165, 1.54) is 11.8 Å². The standard InChI is InChI=1S/C22H25Cl2N5OS/c1-13-20(26)22(12-30-13)5-8-28(9-6-22)17-11-15(25)19(21-27-7-10-29(17)21)31-16-4-2-3-14(23)18(16)24/h2-4,7,10-11,13,20H,5-6,8-9,12,25-26H2,1H3. The number of benzene rings is 1. The van der Waals surface area contributed by atoms with Crippen LogP contribution in [-0.2, 0) is 4.74 Å². The molecule has 4 heterocycles. The SMILES string of the molecule is CC1OCC2(CCN(c3cc(N)c(Sc4cccc(Cl)c4Cl)c4nccn34)CC2)C1N. The van der Waals surface area contributed by atoms with Crippen molar-refractivity contribution in [2.45, 2.75) is 41.7 Å². The Kier molecular flexibility index (Phi) is 5.51. The quantitative estimate of drug-likeness (QED) is 0.568. The Labute approximate surface area is 195 Å². The van der Waals surface area contributed by atoms with Crippen LogP contribution in [0.25, 0.3) is 5.65 Å². The Bertz CT molecular complexity index is 1130. The minimum Gasteiger partial charge on any atom is -0.398 e. The van der Waals surface area contributed by atoms with Crippen molar-refractivity contribution in [3.05, 3.63) is 46.7 Å². The number of halogens is 2. The lowest BCUT2D eigenvalue weighted by Gasteiger charge is -2.42. The molecular weight excluding hydrogens is 453 g/mol. The van der Waals surface area contributed by atoms with Crippen LogP contribution in [0.3, 0.4) is 0 Å². The maximum atomic E-state index is 6.53. The summed E-state index contributed by atoms with van der Waals surface area (Å²) >= 11 is 14.1. The predicted molar refractivity (Wildman–Crippen MR) is 127 cm³/mol. The summed E-state index contributed by atoms with van der Waals surface area (Å²) in [4.78, 5) is 8.68. The first-order valence-electron chi connectivity index (χ1n) is 10.4.